The first kappa shape index (κ1) is 14.5. The van der Waals surface area contributed by atoms with Gasteiger partial charge < -0.3 is 11.1 Å². The summed E-state index contributed by atoms with van der Waals surface area (Å²) in [6, 6.07) is 0.322. The van der Waals surface area contributed by atoms with Crippen molar-refractivity contribution in [1.82, 2.24) is 5.32 Å². The third-order valence-electron chi connectivity index (χ3n) is 4.08. The summed E-state index contributed by atoms with van der Waals surface area (Å²) in [5.41, 5.74) is 5.50. The average Bonchev–Trinajstić information content (AvgIpc) is 2.34. The molecule has 0 aromatic carbocycles. The molecule has 0 saturated carbocycles. The molecule has 0 bridgehead atoms. The maximum atomic E-state index is 11.4. The van der Waals surface area contributed by atoms with Crippen LogP contribution < -0.4 is 11.1 Å². The van der Waals surface area contributed by atoms with Crippen molar-refractivity contribution in [2.75, 3.05) is 6.54 Å². The molecule has 1 heterocycles. The van der Waals surface area contributed by atoms with Gasteiger partial charge in [-0.2, -0.15) is 0 Å². The average molecular weight is 240 g/mol. The number of rotatable bonds is 7. The maximum Gasteiger partial charge on any atom is 0.222 e. The Hall–Kier alpha value is -0.570. The van der Waals surface area contributed by atoms with Crippen molar-refractivity contribution in [2.24, 2.45) is 17.6 Å². The molecular weight excluding hydrogens is 212 g/mol. The van der Waals surface area contributed by atoms with Crippen LogP contribution >= 0.6 is 0 Å². The van der Waals surface area contributed by atoms with E-state index in [1.807, 2.05) is 0 Å². The lowest BCUT2D eigenvalue weighted by atomic mass is 9.82. The zero-order chi connectivity index (χ0) is 12.7. The summed E-state index contributed by atoms with van der Waals surface area (Å²) < 4.78 is 0. The number of carbonyl (C=O) groups excluding carboxylic acids is 1. The van der Waals surface area contributed by atoms with Gasteiger partial charge in [-0.1, -0.05) is 39.5 Å². The molecule has 1 aliphatic heterocycles. The largest absolute Gasteiger partial charge is 0.369 e. The number of piperidine rings is 1. The van der Waals surface area contributed by atoms with E-state index in [1.54, 1.807) is 0 Å². The Labute approximate surface area is 106 Å². The molecule has 1 fully saturated rings. The molecule has 3 nitrogen and oxygen atoms in total. The minimum Gasteiger partial charge on any atom is -0.369 e. The number of amides is 1. The van der Waals surface area contributed by atoms with Gasteiger partial charge in [0.25, 0.3) is 0 Å². The van der Waals surface area contributed by atoms with Crippen LogP contribution in [0.4, 0.5) is 0 Å². The summed E-state index contributed by atoms with van der Waals surface area (Å²) in [6.45, 7) is 5.53. The predicted octanol–water partition coefficient (Wildman–Crippen LogP) is 2.45. The number of hydrogen-bond donors (Lipinski definition) is 2. The van der Waals surface area contributed by atoms with E-state index >= 15 is 0 Å². The highest BCUT2D eigenvalue weighted by Crippen LogP contribution is 2.25. The minimum atomic E-state index is -0.118. The van der Waals surface area contributed by atoms with E-state index in [-0.39, 0.29) is 11.8 Å². The first-order valence-electron chi connectivity index (χ1n) is 7.21. The molecule has 3 heteroatoms. The number of nitrogens with two attached hydrogens (primary N) is 1. The molecule has 3 atom stereocenters. The Balaban J connectivity index is 2.47. The van der Waals surface area contributed by atoms with Gasteiger partial charge in [0.05, 0.1) is 5.92 Å². The standard InChI is InChI=1S/C14H28N2O/c1-3-5-7-11(4-2)10-13-12(14(15)17)8-6-9-16-13/h11-13,16H,3-10H2,1-2H3,(H2,15,17). The second-order valence-corrected chi connectivity index (χ2v) is 5.36. The van der Waals surface area contributed by atoms with Crippen molar-refractivity contribution in [1.29, 1.82) is 0 Å². The fourth-order valence-corrected chi connectivity index (χ4v) is 2.88. The lowest BCUT2D eigenvalue weighted by molar-refractivity contribution is -0.123. The second kappa shape index (κ2) is 7.70. The van der Waals surface area contributed by atoms with Gasteiger partial charge in [-0.3, -0.25) is 4.79 Å². The smallest absolute Gasteiger partial charge is 0.222 e. The molecule has 1 saturated heterocycles. The highest BCUT2D eigenvalue weighted by Gasteiger charge is 2.30. The van der Waals surface area contributed by atoms with E-state index in [1.165, 1.54) is 25.7 Å². The van der Waals surface area contributed by atoms with Gasteiger partial charge in [0.2, 0.25) is 5.91 Å². The lowest BCUT2D eigenvalue weighted by Gasteiger charge is -2.33. The Bertz CT molecular complexity index is 230. The Morgan fingerprint density at radius 2 is 2.24 bits per heavy atom. The van der Waals surface area contributed by atoms with Gasteiger partial charge in [-0.15, -0.1) is 0 Å². The van der Waals surface area contributed by atoms with Crippen LogP contribution in [-0.2, 0) is 4.79 Å². The number of hydrogen-bond acceptors (Lipinski definition) is 2. The molecule has 0 spiro atoms. The molecule has 0 aliphatic carbocycles. The van der Waals surface area contributed by atoms with Crippen LogP contribution in [0.25, 0.3) is 0 Å². The van der Waals surface area contributed by atoms with Crippen molar-refractivity contribution >= 4 is 5.91 Å². The summed E-state index contributed by atoms with van der Waals surface area (Å²) >= 11 is 0. The SMILES string of the molecule is CCCCC(CC)CC1NCCCC1C(N)=O. The van der Waals surface area contributed by atoms with E-state index in [2.05, 4.69) is 19.2 Å². The highest BCUT2D eigenvalue weighted by atomic mass is 16.1. The van der Waals surface area contributed by atoms with Gasteiger partial charge >= 0.3 is 0 Å². The highest BCUT2D eigenvalue weighted by molar-refractivity contribution is 5.77. The van der Waals surface area contributed by atoms with E-state index in [0.29, 0.717) is 6.04 Å². The topological polar surface area (TPSA) is 55.1 Å². The van der Waals surface area contributed by atoms with Crippen LogP contribution in [0.1, 0.15) is 58.8 Å². The first-order valence-corrected chi connectivity index (χ1v) is 7.21. The molecule has 100 valence electrons. The van der Waals surface area contributed by atoms with Gasteiger partial charge in [0.1, 0.15) is 0 Å². The number of primary amides is 1. The molecule has 0 aromatic heterocycles. The molecule has 3 N–H and O–H groups in total. The second-order valence-electron chi connectivity index (χ2n) is 5.36. The summed E-state index contributed by atoms with van der Waals surface area (Å²) in [5, 5.41) is 3.49. The zero-order valence-electron chi connectivity index (χ0n) is 11.4. The van der Waals surface area contributed by atoms with Crippen molar-refractivity contribution in [2.45, 2.75) is 64.8 Å². The van der Waals surface area contributed by atoms with Crippen LogP contribution in [0.15, 0.2) is 0 Å². The molecule has 1 amide bonds. The van der Waals surface area contributed by atoms with E-state index in [9.17, 15) is 4.79 Å². The van der Waals surface area contributed by atoms with Gasteiger partial charge in [0.15, 0.2) is 0 Å². The first-order chi connectivity index (χ1) is 8.19. The molecule has 0 aromatic rings. The van der Waals surface area contributed by atoms with Crippen molar-refractivity contribution in [3.8, 4) is 0 Å². The van der Waals surface area contributed by atoms with Gasteiger partial charge in [-0.05, 0) is 31.7 Å². The number of nitrogens with one attached hydrogen (secondary N) is 1. The third-order valence-corrected chi connectivity index (χ3v) is 4.08. The monoisotopic (exact) mass is 240 g/mol. The minimum absolute atomic E-state index is 0.0550. The summed E-state index contributed by atoms with van der Waals surface area (Å²) in [5.74, 6) is 0.680. The quantitative estimate of drug-likeness (QED) is 0.718. The number of unbranched alkanes of at least 4 members (excludes halogenated alkanes) is 1. The Morgan fingerprint density at radius 3 is 2.82 bits per heavy atom. The molecule has 3 unspecified atom stereocenters. The molecule has 17 heavy (non-hydrogen) atoms. The summed E-state index contributed by atoms with van der Waals surface area (Å²) in [7, 11) is 0. The maximum absolute atomic E-state index is 11.4. The van der Waals surface area contributed by atoms with Crippen LogP contribution in [-0.4, -0.2) is 18.5 Å². The van der Waals surface area contributed by atoms with Gasteiger partial charge in [0, 0.05) is 6.04 Å². The Morgan fingerprint density at radius 1 is 1.47 bits per heavy atom. The molecule has 1 aliphatic rings. The molecular formula is C14H28N2O. The molecule has 1 rings (SSSR count). The fourth-order valence-electron chi connectivity index (χ4n) is 2.88. The van der Waals surface area contributed by atoms with Crippen molar-refractivity contribution in [3.05, 3.63) is 0 Å². The predicted molar refractivity (Wildman–Crippen MR) is 71.6 cm³/mol. The van der Waals surface area contributed by atoms with E-state index in [0.717, 1.165) is 31.7 Å². The normalized spacial score (nSPS) is 26.7. The molecule has 0 radical (unpaired) electrons. The van der Waals surface area contributed by atoms with E-state index < -0.39 is 0 Å². The number of carbonyl (C=O) groups is 1. The summed E-state index contributed by atoms with van der Waals surface area (Å²) in [6.07, 6.45) is 8.22. The zero-order valence-corrected chi connectivity index (χ0v) is 11.4. The summed E-state index contributed by atoms with van der Waals surface area (Å²) in [4.78, 5) is 11.4. The lowest BCUT2D eigenvalue weighted by Crippen LogP contribution is -2.47. The Kier molecular flexibility index (Phi) is 6.56. The van der Waals surface area contributed by atoms with Crippen molar-refractivity contribution < 1.29 is 4.79 Å². The van der Waals surface area contributed by atoms with Crippen LogP contribution in [0.3, 0.4) is 0 Å². The van der Waals surface area contributed by atoms with Crippen LogP contribution in [0.5, 0.6) is 0 Å². The third kappa shape index (κ3) is 4.66. The van der Waals surface area contributed by atoms with Crippen LogP contribution in [0.2, 0.25) is 0 Å². The van der Waals surface area contributed by atoms with Crippen LogP contribution in [0, 0.1) is 11.8 Å². The van der Waals surface area contributed by atoms with Gasteiger partial charge in [-0.25, -0.2) is 0 Å². The van der Waals surface area contributed by atoms with E-state index in [4.69, 9.17) is 5.73 Å². The van der Waals surface area contributed by atoms with Crippen molar-refractivity contribution in [3.63, 3.8) is 0 Å². The fraction of sp³-hybridized carbons (Fsp3) is 0.929.